The van der Waals surface area contributed by atoms with E-state index < -0.39 is 27.9 Å². The SMILES string of the molecule is CC(C)C1CCC(C(=O)O)CC1.CC(C)C1CCC(O)CC1.CC(C)C1CCS(=O)(=O)CC1.CC(C)CCC(O)CO.CC(C)CCCC(=O)O. The monoisotopic (exact) mass is 751 g/mol. The first-order valence-corrected chi connectivity index (χ1v) is 22.1. The maximum Gasteiger partial charge on any atom is 0.306 e. The third-order valence-corrected chi connectivity index (χ3v) is 12.5. The molecule has 0 aromatic carbocycles. The van der Waals surface area contributed by atoms with E-state index in [1.807, 2.05) is 0 Å². The lowest BCUT2D eigenvalue weighted by atomic mass is 9.77. The van der Waals surface area contributed by atoms with E-state index in [4.69, 9.17) is 20.4 Å². The van der Waals surface area contributed by atoms with Gasteiger partial charge in [-0.25, -0.2) is 8.42 Å². The average Bonchev–Trinajstić information content (AvgIpc) is 3.04. The topological polar surface area (TPSA) is 169 Å². The highest BCUT2D eigenvalue weighted by atomic mass is 32.2. The normalized spacial score (nSPS) is 23.9. The van der Waals surface area contributed by atoms with Crippen LogP contribution in [-0.4, -0.2) is 76.2 Å². The molecule has 1 unspecified atom stereocenters. The molecule has 3 rings (SSSR count). The van der Waals surface area contributed by atoms with Gasteiger partial charge in [-0.15, -0.1) is 0 Å². The van der Waals surface area contributed by atoms with Gasteiger partial charge in [-0.1, -0.05) is 75.7 Å². The second-order valence-electron chi connectivity index (χ2n) is 17.2. The lowest BCUT2D eigenvalue weighted by Gasteiger charge is -2.28. The molecule has 2 aliphatic carbocycles. The van der Waals surface area contributed by atoms with E-state index in [2.05, 4.69) is 69.2 Å². The van der Waals surface area contributed by atoms with Crippen molar-refractivity contribution in [2.45, 2.75) is 178 Å². The average molecular weight is 751 g/mol. The fraction of sp³-hybridized carbons (Fsp3) is 0.951. The van der Waals surface area contributed by atoms with Crippen LogP contribution in [0.15, 0.2) is 0 Å². The number of carboxylic acids is 2. The summed E-state index contributed by atoms with van der Waals surface area (Å²) in [4.78, 5) is 20.6. The van der Waals surface area contributed by atoms with Crippen molar-refractivity contribution in [1.82, 2.24) is 0 Å². The van der Waals surface area contributed by atoms with Crippen LogP contribution in [-0.2, 0) is 19.4 Å². The molecule has 3 aliphatic rings. The van der Waals surface area contributed by atoms with E-state index in [1.54, 1.807) is 0 Å². The van der Waals surface area contributed by atoms with Gasteiger partial charge >= 0.3 is 11.9 Å². The van der Waals surface area contributed by atoms with Crippen LogP contribution in [0.4, 0.5) is 0 Å². The van der Waals surface area contributed by atoms with Crippen molar-refractivity contribution in [3.05, 3.63) is 0 Å². The van der Waals surface area contributed by atoms with Crippen LogP contribution in [0.5, 0.6) is 0 Å². The Labute approximate surface area is 313 Å². The van der Waals surface area contributed by atoms with E-state index in [-0.39, 0.29) is 18.6 Å². The van der Waals surface area contributed by atoms with Gasteiger partial charge in [0.1, 0.15) is 9.84 Å². The minimum atomic E-state index is -2.65. The molecule has 0 aromatic rings. The highest BCUT2D eigenvalue weighted by Gasteiger charge is 2.27. The molecule has 51 heavy (non-hydrogen) atoms. The second kappa shape index (κ2) is 29.2. The summed E-state index contributed by atoms with van der Waals surface area (Å²) in [5.74, 6) is 5.19. The quantitative estimate of drug-likeness (QED) is 0.131. The third-order valence-electron chi connectivity index (χ3n) is 10.8. The lowest BCUT2D eigenvalue weighted by molar-refractivity contribution is -0.143. The van der Waals surface area contributed by atoms with Crippen molar-refractivity contribution >= 4 is 21.8 Å². The fourth-order valence-corrected chi connectivity index (χ4v) is 8.18. The van der Waals surface area contributed by atoms with Gasteiger partial charge in [0, 0.05) is 6.42 Å². The van der Waals surface area contributed by atoms with Crippen molar-refractivity contribution < 1.29 is 43.5 Å². The Morgan fingerprint density at radius 1 is 0.608 bits per heavy atom. The smallest absolute Gasteiger partial charge is 0.306 e. The number of carbonyl (C=O) groups is 2. The zero-order chi connectivity index (χ0) is 39.7. The molecule has 0 bridgehead atoms. The van der Waals surface area contributed by atoms with Gasteiger partial charge in [0.15, 0.2) is 0 Å². The van der Waals surface area contributed by atoms with Crippen LogP contribution in [0.2, 0.25) is 0 Å². The zero-order valence-corrected chi connectivity index (χ0v) is 35.2. The maximum atomic E-state index is 11.0. The summed E-state index contributed by atoms with van der Waals surface area (Å²) >= 11 is 0. The van der Waals surface area contributed by atoms with Crippen molar-refractivity contribution in [2.24, 2.45) is 53.3 Å². The van der Waals surface area contributed by atoms with E-state index in [1.165, 1.54) is 12.8 Å². The molecule has 9 nitrogen and oxygen atoms in total. The predicted molar refractivity (Wildman–Crippen MR) is 210 cm³/mol. The van der Waals surface area contributed by atoms with Crippen molar-refractivity contribution in [2.75, 3.05) is 18.1 Å². The van der Waals surface area contributed by atoms with Gasteiger partial charge in [0.05, 0.1) is 36.2 Å². The van der Waals surface area contributed by atoms with Crippen molar-refractivity contribution in [3.63, 3.8) is 0 Å². The second-order valence-corrected chi connectivity index (χ2v) is 19.5. The Bertz CT molecular complexity index is 948. The van der Waals surface area contributed by atoms with Gasteiger partial charge in [-0.05, 0) is 131 Å². The van der Waals surface area contributed by atoms with Gasteiger partial charge in [-0.2, -0.15) is 0 Å². The Morgan fingerprint density at radius 2 is 1.00 bits per heavy atom. The van der Waals surface area contributed by atoms with Crippen molar-refractivity contribution in [3.8, 4) is 0 Å². The van der Waals surface area contributed by atoms with E-state index in [9.17, 15) is 23.1 Å². The number of aliphatic carboxylic acids is 2. The van der Waals surface area contributed by atoms with Gasteiger partial charge in [0.25, 0.3) is 0 Å². The van der Waals surface area contributed by atoms with Gasteiger partial charge < -0.3 is 25.5 Å². The molecule has 306 valence electrons. The molecule has 1 heterocycles. The highest BCUT2D eigenvalue weighted by Crippen LogP contribution is 2.33. The summed E-state index contributed by atoms with van der Waals surface area (Å²) in [6.07, 6.45) is 13.6. The number of rotatable bonds is 12. The summed E-state index contributed by atoms with van der Waals surface area (Å²) in [6, 6.07) is 0. The molecule has 0 radical (unpaired) electrons. The van der Waals surface area contributed by atoms with E-state index >= 15 is 0 Å². The molecule has 1 saturated heterocycles. The Kier molecular flexibility index (Phi) is 29.7. The van der Waals surface area contributed by atoms with Gasteiger partial charge in [-0.3, -0.25) is 9.59 Å². The first-order chi connectivity index (χ1) is 23.6. The van der Waals surface area contributed by atoms with Crippen LogP contribution in [0.3, 0.4) is 0 Å². The first-order valence-electron chi connectivity index (χ1n) is 20.2. The largest absolute Gasteiger partial charge is 0.481 e. The number of hydrogen-bond acceptors (Lipinski definition) is 7. The van der Waals surface area contributed by atoms with Crippen LogP contribution in [0.1, 0.15) is 166 Å². The number of aliphatic hydroxyl groups is 3. The fourth-order valence-electron chi connectivity index (χ4n) is 6.65. The minimum absolute atomic E-state index is 0.00926. The zero-order valence-electron chi connectivity index (χ0n) is 34.4. The summed E-state index contributed by atoms with van der Waals surface area (Å²) < 4.78 is 22.0. The molecule has 1 aliphatic heterocycles. The number of sulfone groups is 1. The minimum Gasteiger partial charge on any atom is -0.481 e. The first kappa shape index (κ1) is 51.9. The molecule has 3 fully saturated rings. The number of carboxylic acid groups (broad SMARTS) is 2. The molecule has 1 atom stereocenters. The van der Waals surface area contributed by atoms with Crippen LogP contribution >= 0.6 is 0 Å². The summed E-state index contributed by atoms with van der Waals surface area (Å²) in [5.41, 5.74) is 0. The van der Waals surface area contributed by atoms with Gasteiger partial charge in [0.2, 0.25) is 0 Å². The van der Waals surface area contributed by atoms with Crippen LogP contribution in [0.25, 0.3) is 0 Å². The molecular weight excluding hydrogens is 669 g/mol. The Morgan fingerprint density at radius 3 is 1.33 bits per heavy atom. The van der Waals surface area contributed by atoms with E-state index in [0.717, 1.165) is 94.3 Å². The molecular formula is C41H82O9S. The van der Waals surface area contributed by atoms with Crippen molar-refractivity contribution in [1.29, 1.82) is 0 Å². The Balaban J connectivity index is 0. The third kappa shape index (κ3) is 29.9. The molecule has 5 N–H and O–H groups in total. The molecule has 10 heteroatoms. The molecule has 0 amide bonds. The number of aliphatic hydroxyl groups excluding tert-OH is 3. The molecule has 2 saturated carbocycles. The summed E-state index contributed by atoms with van der Waals surface area (Å²) in [6.45, 7) is 21.7. The Hall–Kier alpha value is -1.23. The summed E-state index contributed by atoms with van der Waals surface area (Å²) in [7, 11) is -2.65. The number of hydrogen-bond donors (Lipinski definition) is 5. The standard InChI is InChI=1S/C10H18O2.C9H18O.C8H16O2S.C7H16O2.C7H14O2/c1-7(2)8-3-5-9(6-4-8)10(11)12;1-7(2)8-3-5-9(10)6-4-8;1-7(2)8-3-5-11(9,10)6-4-8;1-6(2)3-4-7(9)5-8;1-6(2)4-3-5-7(8)9/h7-9H,3-6H2,1-2H3,(H,11,12);7-10H,3-6H2,1-2H3;7-8H,3-6H2,1-2H3;6-9H,3-5H2,1-2H3;6H,3-5H2,1-2H3,(H,8,9). The van der Waals surface area contributed by atoms with Crippen LogP contribution < -0.4 is 0 Å². The lowest BCUT2D eigenvalue weighted by Crippen LogP contribution is -2.25. The summed E-state index contributed by atoms with van der Waals surface area (Å²) in [5, 5.41) is 43.5. The molecule has 0 spiro atoms. The highest BCUT2D eigenvalue weighted by molar-refractivity contribution is 7.91. The predicted octanol–water partition coefficient (Wildman–Crippen LogP) is 8.87. The maximum absolute atomic E-state index is 11.0. The van der Waals surface area contributed by atoms with E-state index in [0.29, 0.717) is 48.0 Å². The molecule has 0 aromatic heterocycles. The van der Waals surface area contributed by atoms with Crippen LogP contribution in [0, 0.1) is 53.3 Å².